The SMILES string of the molecule is Cc1cc(NC2CCN(S(=O)(=O)Cc3ccccc3)CC2)nc(C)n1. The van der Waals surface area contributed by atoms with Gasteiger partial charge in [0, 0.05) is 30.9 Å². The second kappa shape index (κ2) is 7.49. The Balaban J connectivity index is 1.57. The molecule has 0 radical (unpaired) electrons. The first kappa shape index (κ1) is 17.8. The molecule has 1 N–H and O–H groups in total. The van der Waals surface area contributed by atoms with Crippen molar-refractivity contribution in [3.63, 3.8) is 0 Å². The summed E-state index contributed by atoms with van der Waals surface area (Å²) >= 11 is 0. The van der Waals surface area contributed by atoms with E-state index in [1.54, 1.807) is 4.31 Å². The molecular weight excluding hydrogens is 336 g/mol. The summed E-state index contributed by atoms with van der Waals surface area (Å²) < 4.78 is 26.8. The van der Waals surface area contributed by atoms with E-state index in [1.165, 1.54) is 0 Å². The van der Waals surface area contributed by atoms with Gasteiger partial charge in [-0.25, -0.2) is 22.7 Å². The van der Waals surface area contributed by atoms with Crippen molar-refractivity contribution in [2.75, 3.05) is 18.4 Å². The molecule has 7 heteroatoms. The molecule has 1 saturated heterocycles. The van der Waals surface area contributed by atoms with Crippen LogP contribution in [0.3, 0.4) is 0 Å². The van der Waals surface area contributed by atoms with E-state index in [2.05, 4.69) is 15.3 Å². The predicted molar refractivity (Wildman–Crippen MR) is 98.8 cm³/mol. The lowest BCUT2D eigenvalue weighted by Crippen LogP contribution is -2.42. The van der Waals surface area contributed by atoms with Crippen LogP contribution in [0.5, 0.6) is 0 Å². The van der Waals surface area contributed by atoms with Crippen molar-refractivity contribution in [1.82, 2.24) is 14.3 Å². The molecule has 0 saturated carbocycles. The van der Waals surface area contributed by atoms with Crippen LogP contribution in [0.15, 0.2) is 36.4 Å². The second-order valence-corrected chi connectivity index (χ2v) is 8.47. The lowest BCUT2D eigenvalue weighted by molar-refractivity contribution is 0.329. The number of hydrogen-bond acceptors (Lipinski definition) is 5. The maximum Gasteiger partial charge on any atom is 0.218 e. The predicted octanol–water partition coefficient (Wildman–Crippen LogP) is 2.50. The van der Waals surface area contributed by atoms with E-state index in [0.29, 0.717) is 13.1 Å². The molecule has 1 aliphatic heterocycles. The van der Waals surface area contributed by atoms with Gasteiger partial charge in [0.25, 0.3) is 0 Å². The van der Waals surface area contributed by atoms with E-state index in [-0.39, 0.29) is 11.8 Å². The summed E-state index contributed by atoms with van der Waals surface area (Å²) in [5.74, 6) is 1.62. The zero-order valence-corrected chi connectivity index (χ0v) is 15.5. The molecule has 25 heavy (non-hydrogen) atoms. The van der Waals surface area contributed by atoms with Crippen LogP contribution in [0.1, 0.15) is 29.9 Å². The monoisotopic (exact) mass is 360 g/mol. The van der Waals surface area contributed by atoms with Crippen LogP contribution in [0.2, 0.25) is 0 Å². The number of anilines is 1. The lowest BCUT2D eigenvalue weighted by Gasteiger charge is -2.32. The van der Waals surface area contributed by atoms with Crippen molar-refractivity contribution in [2.45, 2.75) is 38.5 Å². The Morgan fingerprint density at radius 3 is 2.44 bits per heavy atom. The summed E-state index contributed by atoms with van der Waals surface area (Å²) in [6, 6.07) is 11.5. The zero-order chi connectivity index (χ0) is 17.9. The van der Waals surface area contributed by atoms with Crippen LogP contribution in [0, 0.1) is 13.8 Å². The number of benzene rings is 1. The van der Waals surface area contributed by atoms with Crippen molar-refractivity contribution in [3.05, 3.63) is 53.5 Å². The molecule has 0 atom stereocenters. The molecule has 134 valence electrons. The lowest BCUT2D eigenvalue weighted by atomic mass is 10.1. The van der Waals surface area contributed by atoms with Crippen molar-refractivity contribution in [3.8, 4) is 0 Å². The quantitative estimate of drug-likeness (QED) is 0.887. The molecule has 1 fully saturated rings. The molecule has 0 unspecified atom stereocenters. The van der Waals surface area contributed by atoms with E-state index in [4.69, 9.17) is 0 Å². The normalized spacial score (nSPS) is 16.7. The number of nitrogens with zero attached hydrogens (tertiary/aromatic N) is 3. The Morgan fingerprint density at radius 1 is 1.12 bits per heavy atom. The molecular formula is C18H24N4O2S. The van der Waals surface area contributed by atoms with Gasteiger partial charge < -0.3 is 5.32 Å². The van der Waals surface area contributed by atoms with Crippen molar-refractivity contribution in [2.24, 2.45) is 0 Å². The highest BCUT2D eigenvalue weighted by atomic mass is 32.2. The van der Waals surface area contributed by atoms with Crippen LogP contribution in [-0.2, 0) is 15.8 Å². The molecule has 3 rings (SSSR count). The van der Waals surface area contributed by atoms with Crippen LogP contribution in [0.25, 0.3) is 0 Å². The highest BCUT2D eigenvalue weighted by Crippen LogP contribution is 2.20. The molecule has 6 nitrogen and oxygen atoms in total. The van der Waals surface area contributed by atoms with Crippen LogP contribution < -0.4 is 5.32 Å². The minimum Gasteiger partial charge on any atom is -0.367 e. The van der Waals surface area contributed by atoms with E-state index >= 15 is 0 Å². The highest BCUT2D eigenvalue weighted by Gasteiger charge is 2.28. The third-order valence-corrected chi connectivity index (χ3v) is 6.21. The number of sulfonamides is 1. The molecule has 0 spiro atoms. The van der Waals surface area contributed by atoms with Gasteiger partial charge in [-0.2, -0.15) is 0 Å². The average Bonchev–Trinajstić information content (AvgIpc) is 2.55. The first-order valence-electron chi connectivity index (χ1n) is 8.53. The summed E-state index contributed by atoms with van der Waals surface area (Å²) in [7, 11) is -3.27. The van der Waals surface area contributed by atoms with Crippen LogP contribution in [-0.4, -0.2) is 41.8 Å². The van der Waals surface area contributed by atoms with Crippen molar-refractivity contribution >= 4 is 15.8 Å². The fourth-order valence-corrected chi connectivity index (χ4v) is 4.72. The Kier molecular flexibility index (Phi) is 5.34. The molecule has 0 bridgehead atoms. The van der Waals surface area contributed by atoms with Gasteiger partial charge in [-0.05, 0) is 32.3 Å². The Hall–Kier alpha value is -1.99. The minimum atomic E-state index is -3.27. The van der Waals surface area contributed by atoms with Crippen molar-refractivity contribution < 1.29 is 8.42 Å². The second-order valence-electron chi connectivity index (χ2n) is 6.50. The smallest absolute Gasteiger partial charge is 0.218 e. The summed E-state index contributed by atoms with van der Waals surface area (Å²) in [6.45, 7) is 4.89. The molecule has 1 aromatic heterocycles. The number of aryl methyl sites for hydroxylation is 2. The van der Waals surface area contributed by atoms with Gasteiger partial charge in [0.15, 0.2) is 0 Å². The van der Waals surface area contributed by atoms with E-state index in [1.807, 2.05) is 50.2 Å². The summed E-state index contributed by atoms with van der Waals surface area (Å²) in [5.41, 5.74) is 1.76. The summed E-state index contributed by atoms with van der Waals surface area (Å²) in [6.07, 6.45) is 1.55. The fourth-order valence-electron chi connectivity index (χ4n) is 3.15. The van der Waals surface area contributed by atoms with Gasteiger partial charge in [0.05, 0.1) is 5.75 Å². The Bertz CT molecular complexity index is 796. The molecule has 0 aliphatic carbocycles. The van der Waals surface area contributed by atoms with Crippen molar-refractivity contribution in [1.29, 1.82) is 0 Å². The third-order valence-electron chi connectivity index (χ3n) is 4.36. The number of nitrogens with one attached hydrogen (secondary N) is 1. The molecule has 1 aliphatic rings. The number of aromatic nitrogens is 2. The van der Waals surface area contributed by atoms with Gasteiger partial charge in [0.2, 0.25) is 10.0 Å². The Labute approximate surface area is 149 Å². The van der Waals surface area contributed by atoms with Gasteiger partial charge >= 0.3 is 0 Å². The van der Waals surface area contributed by atoms with Gasteiger partial charge in [0.1, 0.15) is 11.6 Å². The van der Waals surface area contributed by atoms with Crippen LogP contribution in [0.4, 0.5) is 5.82 Å². The average molecular weight is 360 g/mol. The molecule has 0 amide bonds. The first-order valence-corrected chi connectivity index (χ1v) is 10.1. The van der Waals surface area contributed by atoms with Crippen LogP contribution >= 0.6 is 0 Å². The van der Waals surface area contributed by atoms with E-state index in [9.17, 15) is 8.42 Å². The molecule has 2 heterocycles. The maximum absolute atomic E-state index is 12.6. The highest BCUT2D eigenvalue weighted by molar-refractivity contribution is 7.88. The number of rotatable bonds is 5. The van der Waals surface area contributed by atoms with E-state index in [0.717, 1.165) is 35.7 Å². The van der Waals surface area contributed by atoms with Gasteiger partial charge in [-0.1, -0.05) is 30.3 Å². The summed E-state index contributed by atoms with van der Waals surface area (Å²) in [5, 5.41) is 3.41. The summed E-state index contributed by atoms with van der Waals surface area (Å²) in [4.78, 5) is 8.67. The van der Waals surface area contributed by atoms with E-state index < -0.39 is 10.0 Å². The van der Waals surface area contributed by atoms with Gasteiger partial charge in [-0.3, -0.25) is 0 Å². The largest absolute Gasteiger partial charge is 0.367 e. The topological polar surface area (TPSA) is 75.2 Å². The fraction of sp³-hybridized carbons (Fsp3) is 0.444. The first-order chi connectivity index (χ1) is 11.9. The standard InChI is InChI=1S/C18H24N4O2S/c1-14-12-18(20-15(2)19-14)21-17-8-10-22(11-9-17)25(23,24)13-16-6-4-3-5-7-16/h3-7,12,17H,8-11,13H2,1-2H3,(H,19,20,21). The maximum atomic E-state index is 12.6. The number of piperidine rings is 1. The molecule has 2 aromatic rings. The van der Waals surface area contributed by atoms with Gasteiger partial charge in [-0.15, -0.1) is 0 Å². The number of hydrogen-bond donors (Lipinski definition) is 1. The minimum absolute atomic E-state index is 0.0657. The molecule has 1 aromatic carbocycles. The zero-order valence-electron chi connectivity index (χ0n) is 14.6. The third kappa shape index (κ3) is 4.76. The Morgan fingerprint density at radius 2 is 1.80 bits per heavy atom.